The van der Waals surface area contributed by atoms with Crippen LogP contribution in [0.4, 0.5) is 5.69 Å². The number of non-ortho nitro benzene ring substituents is 1. The molecule has 0 spiro atoms. The number of ether oxygens (including phenoxy) is 1. The van der Waals surface area contributed by atoms with Crippen molar-refractivity contribution in [3.63, 3.8) is 0 Å². The Morgan fingerprint density at radius 3 is 2.55 bits per heavy atom. The number of nitro groups is 1. The molecule has 1 aliphatic heterocycles. The lowest BCUT2D eigenvalue weighted by atomic mass is 9.95. The third-order valence-electron chi connectivity index (χ3n) is 4.73. The molecular weight excluding hydrogens is 376 g/mol. The maximum Gasteiger partial charge on any atom is 0.295 e. The van der Waals surface area contributed by atoms with Crippen LogP contribution in [-0.4, -0.2) is 46.9 Å². The van der Waals surface area contributed by atoms with Crippen LogP contribution in [0.2, 0.25) is 0 Å². The van der Waals surface area contributed by atoms with E-state index in [0.29, 0.717) is 18.6 Å². The van der Waals surface area contributed by atoms with Crippen molar-refractivity contribution in [1.29, 1.82) is 0 Å². The number of rotatable bonds is 7. The Kier molecular flexibility index (Phi) is 6.04. The van der Waals surface area contributed by atoms with E-state index < -0.39 is 28.4 Å². The van der Waals surface area contributed by atoms with Crippen LogP contribution in [0.3, 0.4) is 0 Å². The lowest BCUT2D eigenvalue weighted by Crippen LogP contribution is -2.31. The van der Waals surface area contributed by atoms with Gasteiger partial charge in [0.05, 0.1) is 16.5 Å². The molecule has 29 heavy (non-hydrogen) atoms. The van der Waals surface area contributed by atoms with E-state index in [1.807, 2.05) is 0 Å². The number of carbonyl (C=O) groups is 2. The summed E-state index contributed by atoms with van der Waals surface area (Å²) in [7, 11) is 1.55. The van der Waals surface area contributed by atoms with E-state index in [1.165, 1.54) is 29.2 Å². The molecule has 2 aromatic rings. The van der Waals surface area contributed by atoms with E-state index in [-0.39, 0.29) is 23.4 Å². The molecule has 8 heteroatoms. The molecule has 0 bridgehead atoms. The van der Waals surface area contributed by atoms with Crippen molar-refractivity contribution < 1.29 is 24.4 Å². The van der Waals surface area contributed by atoms with Gasteiger partial charge in [-0.1, -0.05) is 42.5 Å². The molecule has 1 unspecified atom stereocenters. The number of Topliss-reactive ketones (excluding diaryl/α,β-unsaturated/α-hetero) is 1. The average molecular weight is 396 g/mol. The van der Waals surface area contributed by atoms with E-state index >= 15 is 0 Å². The summed E-state index contributed by atoms with van der Waals surface area (Å²) >= 11 is 0. The third kappa shape index (κ3) is 4.02. The molecular formula is C21H20N2O6. The molecule has 0 aromatic heterocycles. The number of carbonyl (C=O) groups excluding carboxylic acids is 2. The minimum atomic E-state index is -0.819. The topological polar surface area (TPSA) is 110 Å². The summed E-state index contributed by atoms with van der Waals surface area (Å²) in [6.07, 6.45) is 0.518. The minimum absolute atomic E-state index is 0.0842. The second kappa shape index (κ2) is 8.66. The number of nitro benzene ring substituents is 1. The van der Waals surface area contributed by atoms with Gasteiger partial charge in [-0.2, -0.15) is 0 Å². The predicted molar refractivity (Wildman–Crippen MR) is 105 cm³/mol. The molecule has 150 valence electrons. The lowest BCUT2D eigenvalue weighted by Gasteiger charge is -2.25. The number of likely N-dealkylation sites (tertiary alicyclic amines) is 1. The summed E-state index contributed by atoms with van der Waals surface area (Å²) < 4.78 is 5.04. The first-order chi connectivity index (χ1) is 14.0. The Bertz CT molecular complexity index is 970. The number of hydrogen-bond acceptors (Lipinski definition) is 6. The quantitative estimate of drug-likeness (QED) is 0.192. The van der Waals surface area contributed by atoms with Crippen LogP contribution in [0.25, 0.3) is 5.76 Å². The van der Waals surface area contributed by atoms with Crippen LogP contribution in [0.15, 0.2) is 60.2 Å². The van der Waals surface area contributed by atoms with Gasteiger partial charge in [0, 0.05) is 38.0 Å². The Morgan fingerprint density at radius 2 is 1.90 bits per heavy atom. The second-order valence-electron chi connectivity index (χ2n) is 6.56. The SMILES string of the molecule is COCCCN1C(=O)C(=O)/C(=C(\O)c2cccc([N+](=O)[O-])c2)C1c1ccccc1. The van der Waals surface area contributed by atoms with Gasteiger partial charge in [0.1, 0.15) is 5.76 Å². The van der Waals surface area contributed by atoms with Gasteiger partial charge in [-0.25, -0.2) is 0 Å². The van der Waals surface area contributed by atoms with E-state index in [2.05, 4.69) is 0 Å². The van der Waals surface area contributed by atoms with Crippen LogP contribution < -0.4 is 0 Å². The molecule has 1 atom stereocenters. The standard InChI is InChI=1S/C21H20N2O6/c1-29-12-6-11-22-18(14-7-3-2-4-8-14)17(20(25)21(22)26)19(24)15-9-5-10-16(13-15)23(27)28/h2-5,7-10,13,18,24H,6,11-12H2,1H3/b19-17-. The maximum absolute atomic E-state index is 12.8. The zero-order valence-corrected chi connectivity index (χ0v) is 15.8. The van der Waals surface area contributed by atoms with Gasteiger partial charge < -0.3 is 14.7 Å². The van der Waals surface area contributed by atoms with Crippen LogP contribution in [0.5, 0.6) is 0 Å². The molecule has 1 amide bonds. The van der Waals surface area contributed by atoms with Crippen molar-refractivity contribution in [1.82, 2.24) is 4.90 Å². The van der Waals surface area contributed by atoms with E-state index in [4.69, 9.17) is 4.74 Å². The molecule has 3 rings (SSSR count). The highest BCUT2D eigenvalue weighted by atomic mass is 16.6. The fourth-order valence-corrected chi connectivity index (χ4v) is 3.39. The Hall–Kier alpha value is -3.52. The highest BCUT2D eigenvalue weighted by molar-refractivity contribution is 6.46. The summed E-state index contributed by atoms with van der Waals surface area (Å²) in [4.78, 5) is 37.4. The van der Waals surface area contributed by atoms with E-state index in [0.717, 1.165) is 0 Å². The van der Waals surface area contributed by atoms with Crippen molar-refractivity contribution >= 4 is 23.1 Å². The molecule has 0 saturated carbocycles. The van der Waals surface area contributed by atoms with Gasteiger partial charge >= 0.3 is 0 Å². The molecule has 0 radical (unpaired) electrons. The molecule has 1 aliphatic rings. The minimum Gasteiger partial charge on any atom is -0.507 e. The molecule has 1 fully saturated rings. The number of nitrogens with zero attached hydrogens (tertiary/aromatic N) is 2. The number of amides is 1. The highest BCUT2D eigenvalue weighted by Crippen LogP contribution is 2.39. The van der Waals surface area contributed by atoms with Gasteiger partial charge in [-0.15, -0.1) is 0 Å². The smallest absolute Gasteiger partial charge is 0.295 e. The van der Waals surface area contributed by atoms with Crippen molar-refractivity contribution in [2.75, 3.05) is 20.3 Å². The number of benzene rings is 2. The first kappa shape index (κ1) is 20.2. The van der Waals surface area contributed by atoms with Crippen LogP contribution in [0.1, 0.15) is 23.6 Å². The summed E-state index contributed by atoms with van der Waals surface area (Å²) in [5, 5.41) is 21.9. The lowest BCUT2D eigenvalue weighted by molar-refractivity contribution is -0.384. The van der Waals surface area contributed by atoms with Crippen LogP contribution >= 0.6 is 0 Å². The normalized spacial score (nSPS) is 18.2. The first-order valence-electron chi connectivity index (χ1n) is 9.02. The molecule has 2 aromatic carbocycles. The fraction of sp³-hybridized carbons (Fsp3) is 0.238. The number of hydrogen-bond donors (Lipinski definition) is 1. The molecule has 1 saturated heterocycles. The average Bonchev–Trinajstić information content (AvgIpc) is 2.99. The fourth-order valence-electron chi connectivity index (χ4n) is 3.39. The number of methoxy groups -OCH3 is 1. The second-order valence-corrected chi connectivity index (χ2v) is 6.56. The van der Waals surface area contributed by atoms with Crippen molar-refractivity contribution in [3.8, 4) is 0 Å². The number of ketones is 1. The van der Waals surface area contributed by atoms with Gasteiger partial charge in [-0.05, 0) is 12.0 Å². The Morgan fingerprint density at radius 1 is 1.17 bits per heavy atom. The van der Waals surface area contributed by atoms with Crippen LogP contribution in [-0.2, 0) is 14.3 Å². The number of aliphatic hydroxyl groups is 1. The largest absolute Gasteiger partial charge is 0.507 e. The summed E-state index contributed by atoms with van der Waals surface area (Å²) in [5.41, 5.74) is 0.463. The summed E-state index contributed by atoms with van der Waals surface area (Å²) in [5.74, 6) is -1.97. The van der Waals surface area contributed by atoms with E-state index in [1.54, 1.807) is 37.4 Å². The number of aliphatic hydroxyl groups excluding tert-OH is 1. The maximum atomic E-state index is 12.8. The molecule has 1 heterocycles. The van der Waals surface area contributed by atoms with Gasteiger partial charge in [0.15, 0.2) is 0 Å². The van der Waals surface area contributed by atoms with Gasteiger partial charge in [-0.3, -0.25) is 19.7 Å². The molecule has 1 N–H and O–H groups in total. The molecule has 8 nitrogen and oxygen atoms in total. The summed E-state index contributed by atoms with van der Waals surface area (Å²) in [6.45, 7) is 0.680. The first-order valence-corrected chi connectivity index (χ1v) is 9.02. The Balaban J connectivity index is 2.12. The highest BCUT2D eigenvalue weighted by Gasteiger charge is 2.45. The molecule has 0 aliphatic carbocycles. The zero-order valence-electron chi connectivity index (χ0n) is 15.8. The monoisotopic (exact) mass is 396 g/mol. The van der Waals surface area contributed by atoms with Crippen molar-refractivity contribution in [2.45, 2.75) is 12.5 Å². The van der Waals surface area contributed by atoms with E-state index in [9.17, 15) is 24.8 Å². The zero-order chi connectivity index (χ0) is 21.0. The van der Waals surface area contributed by atoms with Crippen molar-refractivity contribution in [2.24, 2.45) is 0 Å². The Labute approximate surface area is 167 Å². The van der Waals surface area contributed by atoms with Crippen molar-refractivity contribution in [3.05, 3.63) is 81.4 Å². The predicted octanol–water partition coefficient (Wildman–Crippen LogP) is 3.05. The van der Waals surface area contributed by atoms with Gasteiger partial charge in [0.2, 0.25) is 0 Å². The van der Waals surface area contributed by atoms with Gasteiger partial charge in [0.25, 0.3) is 17.4 Å². The summed E-state index contributed by atoms with van der Waals surface area (Å²) in [6, 6.07) is 13.4. The van der Waals surface area contributed by atoms with Crippen LogP contribution in [0, 0.1) is 10.1 Å². The third-order valence-corrected chi connectivity index (χ3v) is 4.73.